The van der Waals surface area contributed by atoms with E-state index in [4.69, 9.17) is 4.74 Å². The van der Waals surface area contributed by atoms with Crippen molar-refractivity contribution in [1.29, 1.82) is 0 Å². The van der Waals surface area contributed by atoms with Crippen molar-refractivity contribution in [2.75, 3.05) is 19.7 Å². The van der Waals surface area contributed by atoms with Gasteiger partial charge in [-0.3, -0.25) is 19.0 Å². The molecule has 2 heterocycles. The summed E-state index contributed by atoms with van der Waals surface area (Å²) in [6, 6.07) is 6.93. The van der Waals surface area contributed by atoms with Crippen molar-refractivity contribution in [1.82, 2.24) is 14.5 Å². The van der Waals surface area contributed by atoms with Gasteiger partial charge in [-0.2, -0.15) is 0 Å². The standard InChI is InChI=1S/C18H21N3O4/c1-13-6-8-20(9-7-13)16(22)11-25-17(23)10-21-12-19-15-5-3-2-4-14(15)18(21)24/h2-5,12-13H,6-11H2,1H3. The molecule has 1 aromatic heterocycles. The van der Waals surface area contributed by atoms with Crippen molar-refractivity contribution in [3.05, 3.63) is 40.9 Å². The van der Waals surface area contributed by atoms with Crippen molar-refractivity contribution < 1.29 is 14.3 Å². The first kappa shape index (κ1) is 17.1. The molecular formula is C18H21N3O4. The summed E-state index contributed by atoms with van der Waals surface area (Å²) in [6.45, 7) is 3.01. The Balaban J connectivity index is 1.57. The van der Waals surface area contributed by atoms with E-state index in [-0.39, 0.29) is 24.6 Å². The van der Waals surface area contributed by atoms with Crippen LogP contribution in [0.25, 0.3) is 10.9 Å². The fourth-order valence-electron chi connectivity index (χ4n) is 2.89. The van der Waals surface area contributed by atoms with E-state index in [2.05, 4.69) is 11.9 Å². The number of esters is 1. The molecule has 1 saturated heterocycles. The molecule has 0 spiro atoms. The van der Waals surface area contributed by atoms with Gasteiger partial charge in [-0.1, -0.05) is 19.1 Å². The minimum atomic E-state index is -0.627. The van der Waals surface area contributed by atoms with Crippen LogP contribution in [0.15, 0.2) is 35.4 Å². The van der Waals surface area contributed by atoms with E-state index in [1.54, 1.807) is 29.2 Å². The summed E-state index contributed by atoms with van der Waals surface area (Å²) >= 11 is 0. The molecule has 1 fully saturated rings. The molecule has 2 aromatic rings. The Hall–Kier alpha value is -2.70. The largest absolute Gasteiger partial charge is 0.454 e. The topological polar surface area (TPSA) is 81.5 Å². The summed E-state index contributed by atoms with van der Waals surface area (Å²) in [5, 5.41) is 0.441. The predicted molar refractivity (Wildman–Crippen MR) is 91.9 cm³/mol. The van der Waals surface area contributed by atoms with Gasteiger partial charge in [-0.05, 0) is 30.9 Å². The quantitative estimate of drug-likeness (QED) is 0.779. The number of nitrogens with zero attached hydrogens (tertiary/aromatic N) is 3. The van der Waals surface area contributed by atoms with Gasteiger partial charge in [0.05, 0.1) is 17.2 Å². The monoisotopic (exact) mass is 343 g/mol. The third-order valence-electron chi connectivity index (χ3n) is 4.52. The zero-order chi connectivity index (χ0) is 17.8. The van der Waals surface area contributed by atoms with Crippen LogP contribution >= 0.6 is 0 Å². The molecule has 1 aliphatic rings. The molecule has 1 amide bonds. The number of carbonyl (C=O) groups excluding carboxylic acids is 2. The average molecular weight is 343 g/mol. The number of carbonyl (C=O) groups is 2. The molecule has 0 saturated carbocycles. The third kappa shape index (κ3) is 4.04. The zero-order valence-electron chi connectivity index (χ0n) is 14.2. The predicted octanol–water partition coefficient (Wildman–Crippen LogP) is 1.20. The molecule has 132 valence electrons. The van der Waals surface area contributed by atoms with Crippen LogP contribution in [0.1, 0.15) is 19.8 Å². The van der Waals surface area contributed by atoms with Gasteiger partial charge in [0, 0.05) is 13.1 Å². The second kappa shape index (κ2) is 7.46. The number of amides is 1. The van der Waals surface area contributed by atoms with Gasteiger partial charge in [0.2, 0.25) is 0 Å². The Bertz CT molecular complexity index is 838. The molecule has 0 N–H and O–H groups in total. The van der Waals surface area contributed by atoms with Gasteiger partial charge >= 0.3 is 5.97 Å². The van der Waals surface area contributed by atoms with Crippen LogP contribution in [0.2, 0.25) is 0 Å². The van der Waals surface area contributed by atoms with Crippen LogP contribution in [0.4, 0.5) is 0 Å². The van der Waals surface area contributed by atoms with E-state index in [1.165, 1.54) is 10.9 Å². The maximum absolute atomic E-state index is 12.3. The van der Waals surface area contributed by atoms with Crippen molar-refractivity contribution in [2.24, 2.45) is 5.92 Å². The highest BCUT2D eigenvalue weighted by Gasteiger charge is 2.21. The van der Waals surface area contributed by atoms with Crippen molar-refractivity contribution in [3.63, 3.8) is 0 Å². The lowest BCUT2D eigenvalue weighted by Gasteiger charge is -2.30. The fraction of sp³-hybridized carbons (Fsp3) is 0.444. The molecule has 0 atom stereocenters. The van der Waals surface area contributed by atoms with E-state index in [1.807, 2.05) is 0 Å². The second-order valence-electron chi connectivity index (χ2n) is 6.42. The van der Waals surface area contributed by atoms with Crippen molar-refractivity contribution in [2.45, 2.75) is 26.3 Å². The first-order chi connectivity index (χ1) is 12.0. The SMILES string of the molecule is CC1CCN(C(=O)COC(=O)Cn2cnc3ccccc3c2=O)CC1. The van der Waals surface area contributed by atoms with E-state index in [9.17, 15) is 14.4 Å². The van der Waals surface area contributed by atoms with E-state index in [0.717, 1.165) is 12.8 Å². The number of aromatic nitrogens is 2. The lowest BCUT2D eigenvalue weighted by Crippen LogP contribution is -2.40. The highest BCUT2D eigenvalue weighted by Crippen LogP contribution is 2.15. The number of ether oxygens (including phenoxy) is 1. The minimum absolute atomic E-state index is 0.191. The minimum Gasteiger partial charge on any atom is -0.454 e. The zero-order valence-corrected chi connectivity index (χ0v) is 14.2. The lowest BCUT2D eigenvalue weighted by molar-refractivity contribution is -0.153. The molecule has 3 rings (SSSR count). The summed E-state index contributed by atoms with van der Waals surface area (Å²) in [6.07, 6.45) is 3.26. The van der Waals surface area contributed by atoms with Gasteiger partial charge in [0.15, 0.2) is 6.61 Å². The first-order valence-corrected chi connectivity index (χ1v) is 8.42. The normalized spacial score (nSPS) is 15.3. The Labute approximate surface area is 145 Å². The molecule has 0 radical (unpaired) electrons. The summed E-state index contributed by atoms with van der Waals surface area (Å²) in [5.41, 5.74) is 0.269. The maximum atomic E-state index is 12.3. The Morgan fingerprint density at radius 3 is 2.72 bits per heavy atom. The number of hydrogen-bond donors (Lipinski definition) is 0. The number of fused-ring (bicyclic) bond motifs is 1. The summed E-state index contributed by atoms with van der Waals surface area (Å²) < 4.78 is 6.23. The van der Waals surface area contributed by atoms with Crippen LogP contribution in [-0.4, -0.2) is 46.0 Å². The number of hydrogen-bond acceptors (Lipinski definition) is 5. The molecule has 0 aliphatic carbocycles. The molecule has 1 aromatic carbocycles. The highest BCUT2D eigenvalue weighted by atomic mass is 16.5. The van der Waals surface area contributed by atoms with Crippen LogP contribution in [-0.2, 0) is 20.9 Å². The summed E-state index contributed by atoms with van der Waals surface area (Å²) in [5.74, 6) is -0.193. The van der Waals surface area contributed by atoms with Gasteiger partial charge in [0.25, 0.3) is 11.5 Å². The lowest BCUT2D eigenvalue weighted by atomic mass is 9.99. The number of rotatable bonds is 4. The third-order valence-corrected chi connectivity index (χ3v) is 4.52. The van der Waals surface area contributed by atoms with Gasteiger partial charge in [0.1, 0.15) is 6.54 Å². The summed E-state index contributed by atoms with van der Waals surface area (Å²) in [4.78, 5) is 42.2. The van der Waals surface area contributed by atoms with Gasteiger partial charge in [-0.25, -0.2) is 4.98 Å². The number of likely N-dealkylation sites (tertiary alicyclic amines) is 1. The highest BCUT2D eigenvalue weighted by molar-refractivity contribution is 5.81. The van der Waals surface area contributed by atoms with Crippen LogP contribution in [0.5, 0.6) is 0 Å². The molecule has 1 aliphatic heterocycles. The van der Waals surface area contributed by atoms with Crippen LogP contribution in [0.3, 0.4) is 0 Å². The van der Waals surface area contributed by atoms with Crippen molar-refractivity contribution >= 4 is 22.8 Å². The maximum Gasteiger partial charge on any atom is 0.326 e. The van der Waals surface area contributed by atoms with Gasteiger partial charge in [-0.15, -0.1) is 0 Å². The fourth-order valence-corrected chi connectivity index (χ4v) is 2.89. The van der Waals surface area contributed by atoms with Crippen molar-refractivity contribution in [3.8, 4) is 0 Å². The molecule has 0 unspecified atom stereocenters. The van der Waals surface area contributed by atoms with E-state index < -0.39 is 5.97 Å². The molecular weight excluding hydrogens is 322 g/mol. The first-order valence-electron chi connectivity index (χ1n) is 8.42. The summed E-state index contributed by atoms with van der Waals surface area (Å²) in [7, 11) is 0. The molecule has 7 heteroatoms. The Morgan fingerprint density at radius 1 is 1.24 bits per heavy atom. The molecule has 0 bridgehead atoms. The number of piperidine rings is 1. The number of benzene rings is 1. The smallest absolute Gasteiger partial charge is 0.326 e. The molecule has 7 nitrogen and oxygen atoms in total. The van der Waals surface area contributed by atoms with Crippen LogP contribution in [0, 0.1) is 5.92 Å². The average Bonchev–Trinajstić information content (AvgIpc) is 2.63. The van der Waals surface area contributed by atoms with E-state index in [0.29, 0.717) is 29.9 Å². The van der Waals surface area contributed by atoms with E-state index >= 15 is 0 Å². The second-order valence-corrected chi connectivity index (χ2v) is 6.42. The van der Waals surface area contributed by atoms with Crippen LogP contribution < -0.4 is 5.56 Å². The Morgan fingerprint density at radius 2 is 1.96 bits per heavy atom. The number of para-hydroxylation sites is 1. The van der Waals surface area contributed by atoms with Gasteiger partial charge < -0.3 is 9.64 Å². The Kier molecular flexibility index (Phi) is 5.11. The molecule has 25 heavy (non-hydrogen) atoms.